The van der Waals surface area contributed by atoms with E-state index in [2.05, 4.69) is 22.9 Å². The summed E-state index contributed by atoms with van der Waals surface area (Å²) in [4.78, 5) is 11.8. The van der Waals surface area contributed by atoms with E-state index in [0.717, 1.165) is 18.2 Å². The van der Waals surface area contributed by atoms with Crippen LogP contribution in [0.15, 0.2) is 0 Å². The summed E-state index contributed by atoms with van der Waals surface area (Å²) < 4.78 is 37.7. The molecule has 0 aliphatic rings. The van der Waals surface area contributed by atoms with Crippen molar-refractivity contribution in [3.8, 4) is 0 Å². The van der Waals surface area contributed by atoms with Gasteiger partial charge >= 0.3 is 5.97 Å². The van der Waals surface area contributed by atoms with Crippen LogP contribution in [-0.2, 0) is 38.0 Å². The van der Waals surface area contributed by atoms with Crippen molar-refractivity contribution in [3.63, 3.8) is 0 Å². The lowest BCUT2D eigenvalue weighted by Crippen LogP contribution is -2.15. The van der Waals surface area contributed by atoms with Crippen molar-refractivity contribution in [2.45, 2.75) is 110 Å². The maximum atomic E-state index is 11.8. The molecule has 0 saturated carbocycles. The third kappa shape index (κ3) is 37.7. The molecule has 0 amide bonds. The number of alkyl halides is 1. The molecule has 0 aromatic heterocycles. The Morgan fingerprint density at radius 3 is 1.05 bits per heavy atom. The summed E-state index contributed by atoms with van der Waals surface area (Å²) in [6, 6.07) is 0. The number of carbonyl (C=O) groups is 1. The largest absolute Gasteiger partial charge is 0.463 e. The van der Waals surface area contributed by atoms with Crippen LogP contribution in [0.3, 0.4) is 0 Å². The van der Waals surface area contributed by atoms with Crippen molar-refractivity contribution in [1.82, 2.24) is 0 Å². The lowest BCUT2D eigenvalue weighted by atomic mass is 10.0. The highest BCUT2D eigenvalue weighted by Crippen LogP contribution is 2.13. The van der Waals surface area contributed by atoms with Gasteiger partial charge in [-0.05, 0) is 6.42 Å². The number of hydrogen-bond donors (Lipinski definition) is 0. The molecule has 0 spiro atoms. The van der Waals surface area contributed by atoms with Gasteiger partial charge in [-0.25, -0.2) is 0 Å². The summed E-state index contributed by atoms with van der Waals surface area (Å²) in [5, 5.41) is 0.840. The molecule has 0 bridgehead atoms. The summed E-state index contributed by atoms with van der Waals surface area (Å²) in [6.07, 6.45) is 20.3. The standard InChI is InChI=1S/C32H63BrO8/c1-2-3-4-5-6-7-8-9-10-11-12-13-14-15-16-17-32(34)41-31-30-40-29-28-39-27-26-38-25-24-37-23-22-36-21-20-35-19-18-33/h2-31H2,1H3. The first-order chi connectivity index (χ1) is 20.3. The van der Waals surface area contributed by atoms with Crippen LogP contribution in [0.25, 0.3) is 0 Å². The van der Waals surface area contributed by atoms with Gasteiger partial charge in [0.05, 0.1) is 79.3 Å². The molecular weight excluding hydrogens is 592 g/mol. The van der Waals surface area contributed by atoms with Crippen LogP contribution in [0.4, 0.5) is 0 Å². The molecule has 0 atom stereocenters. The number of unbranched alkanes of at least 4 members (excludes halogenated alkanes) is 14. The van der Waals surface area contributed by atoms with Gasteiger partial charge in [-0.1, -0.05) is 113 Å². The molecule has 0 rings (SSSR count). The number of rotatable bonds is 36. The van der Waals surface area contributed by atoms with E-state index in [1.807, 2.05) is 0 Å². The second kappa shape index (κ2) is 37.7. The topological polar surface area (TPSA) is 81.7 Å². The third-order valence-corrected chi connectivity index (χ3v) is 6.88. The SMILES string of the molecule is CCCCCCCCCCCCCCCCCC(=O)OCCOCCOCCOCCOCCOCCOCCBr. The van der Waals surface area contributed by atoms with E-state index in [1.54, 1.807) is 0 Å². The quantitative estimate of drug-likeness (QED) is 0.0396. The molecule has 0 aromatic carbocycles. The highest BCUT2D eigenvalue weighted by Gasteiger charge is 2.03. The predicted octanol–water partition coefficient (Wildman–Crippen LogP) is 7.29. The number of halogens is 1. The van der Waals surface area contributed by atoms with Crippen molar-refractivity contribution in [3.05, 3.63) is 0 Å². The molecule has 0 saturated heterocycles. The van der Waals surface area contributed by atoms with Crippen LogP contribution in [-0.4, -0.2) is 97.2 Å². The monoisotopic (exact) mass is 654 g/mol. The van der Waals surface area contributed by atoms with Gasteiger partial charge < -0.3 is 33.2 Å². The minimum absolute atomic E-state index is 0.122. The van der Waals surface area contributed by atoms with Crippen LogP contribution >= 0.6 is 15.9 Å². The van der Waals surface area contributed by atoms with Crippen molar-refractivity contribution >= 4 is 21.9 Å². The van der Waals surface area contributed by atoms with Crippen LogP contribution in [0.1, 0.15) is 110 Å². The zero-order chi connectivity index (χ0) is 29.7. The molecule has 8 nitrogen and oxygen atoms in total. The molecule has 0 heterocycles. The number of esters is 1. The van der Waals surface area contributed by atoms with Crippen LogP contribution in [0, 0.1) is 0 Å². The second-order valence-electron chi connectivity index (χ2n) is 10.3. The fourth-order valence-electron chi connectivity index (χ4n) is 4.18. The average molecular weight is 656 g/mol. The third-order valence-electron chi connectivity index (χ3n) is 6.56. The minimum Gasteiger partial charge on any atom is -0.463 e. The van der Waals surface area contributed by atoms with Gasteiger partial charge in [0.15, 0.2) is 0 Å². The average Bonchev–Trinajstić information content (AvgIpc) is 2.98. The second-order valence-corrected chi connectivity index (χ2v) is 11.1. The van der Waals surface area contributed by atoms with E-state index >= 15 is 0 Å². The summed E-state index contributed by atoms with van der Waals surface area (Å²) >= 11 is 3.30. The number of ether oxygens (including phenoxy) is 7. The summed E-state index contributed by atoms with van der Waals surface area (Å²) in [5.74, 6) is -0.122. The van der Waals surface area contributed by atoms with E-state index in [9.17, 15) is 4.79 Å². The fraction of sp³-hybridized carbons (Fsp3) is 0.969. The lowest BCUT2D eigenvalue weighted by Gasteiger charge is -2.08. The van der Waals surface area contributed by atoms with Gasteiger partial charge in [0.1, 0.15) is 6.61 Å². The van der Waals surface area contributed by atoms with Crippen molar-refractivity contribution < 1.29 is 38.0 Å². The first-order valence-corrected chi connectivity index (χ1v) is 17.6. The highest BCUT2D eigenvalue weighted by atomic mass is 79.9. The molecule has 41 heavy (non-hydrogen) atoms. The molecular formula is C32H63BrO8. The molecule has 0 fully saturated rings. The zero-order valence-corrected chi connectivity index (χ0v) is 27.9. The number of hydrogen-bond acceptors (Lipinski definition) is 8. The Labute approximate surface area is 260 Å². The summed E-state index contributed by atoms with van der Waals surface area (Å²) in [6.45, 7) is 9.01. The molecule has 246 valence electrons. The van der Waals surface area contributed by atoms with Gasteiger partial charge in [0, 0.05) is 11.8 Å². The Balaban J connectivity index is 3.14. The van der Waals surface area contributed by atoms with Gasteiger partial charge in [0.25, 0.3) is 0 Å². The molecule has 0 radical (unpaired) electrons. The van der Waals surface area contributed by atoms with Gasteiger partial charge in [-0.2, -0.15) is 0 Å². The van der Waals surface area contributed by atoms with Crippen LogP contribution in [0.5, 0.6) is 0 Å². The maximum absolute atomic E-state index is 11.8. The zero-order valence-electron chi connectivity index (χ0n) is 26.4. The Bertz CT molecular complexity index is 498. The van der Waals surface area contributed by atoms with Gasteiger partial charge in [-0.15, -0.1) is 0 Å². The fourth-order valence-corrected chi connectivity index (χ4v) is 4.41. The smallest absolute Gasteiger partial charge is 0.305 e. The van der Waals surface area contributed by atoms with E-state index in [1.165, 1.54) is 83.5 Å². The van der Waals surface area contributed by atoms with E-state index in [-0.39, 0.29) is 5.97 Å². The van der Waals surface area contributed by atoms with Crippen LogP contribution < -0.4 is 0 Å². The molecule has 0 aliphatic heterocycles. The van der Waals surface area contributed by atoms with E-state index in [4.69, 9.17) is 33.2 Å². The summed E-state index contributed by atoms with van der Waals surface area (Å²) in [7, 11) is 0. The minimum atomic E-state index is -0.122. The molecule has 0 aromatic rings. The predicted molar refractivity (Wildman–Crippen MR) is 169 cm³/mol. The maximum Gasteiger partial charge on any atom is 0.305 e. The first-order valence-electron chi connectivity index (χ1n) is 16.5. The Hall–Kier alpha value is -0.290. The first kappa shape index (κ1) is 40.7. The number of carbonyl (C=O) groups excluding carboxylic acids is 1. The molecule has 0 N–H and O–H groups in total. The van der Waals surface area contributed by atoms with Gasteiger partial charge in [0.2, 0.25) is 0 Å². The normalized spacial score (nSPS) is 11.4. The Morgan fingerprint density at radius 2 is 0.707 bits per heavy atom. The van der Waals surface area contributed by atoms with Crippen molar-refractivity contribution in [1.29, 1.82) is 0 Å². The van der Waals surface area contributed by atoms with Crippen molar-refractivity contribution in [2.24, 2.45) is 0 Å². The Morgan fingerprint density at radius 1 is 0.415 bits per heavy atom. The highest BCUT2D eigenvalue weighted by molar-refractivity contribution is 9.09. The molecule has 9 heteroatoms. The molecule has 0 unspecified atom stereocenters. The van der Waals surface area contributed by atoms with E-state index < -0.39 is 0 Å². The summed E-state index contributed by atoms with van der Waals surface area (Å²) in [5.41, 5.74) is 0. The Kier molecular flexibility index (Phi) is 37.5. The lowest BCUT2D eigenvalue weighted by molar-refractivity contribution is -0.145. The molecule has 0 aliphatic carbocycles. The van der Waals surface area contributed by atoms with Gasteiger partial charge in [-0.3, -0.25) is 4.79 Å². The van der Waals surface area contributed by atoms with E-state index in [0.29, 0.717) is 92.3 Å². The van der Waals surface area contributed by atoms with Crippen LogP contribution in [0.2, 0.25) is 0 Å². The van der Waals surface area contributed by atoms with Crippen molar-refractivity contribution in [2.75, 3.05) is 91.2 Å².